The smallest absolute Gasteiger partial charge is 0.462 e. The molecule has 0 bridgehead atoms. The first-order valence-electron chi connectivity index (χ1n) is 41.6. The summed E-state index contributed by atoms with van der Waals surface area (Å²) in [6, 6.07) is 0. The highest BCUT2D eigenvalue weighted by atomic mass is 31.2. The summed E-state index contributed by atoms with van der Waals surface area (Å²) in [4.78, 5) is 73.0. The van der Waals surface area contributed by atoms with Gasteiger partial charge in [0.25, 0.3) is 0 Å². The first kappa shape index (κ1) is 97.1. The lowest BCUT2D eigenvalue weighted by molar-refractivity contribution is -0.161. The Morgan fingerprint density at radius 3 is 0.687 bits per heavy atom. The third-order valence-corrected chi connectivity index (χ3v) is 20.7. The predicted molar refractivity (Wildman–Crippen MR) is 405 cm³/mol. The van der Waals surface area contributed by atoms with Crippen molar-refractivity contribution in [3.05, 3.63) is 0 Å². The van der Waals surface area contributed by atoms with Crippen LogP contribution in [0, 0.1) is 5.92 Å². The number of rotatable bonds is 80. The van der Waals surface area contributed by atoms with Crippen LogP contribution in [0.4, 0.5) is 0 Å². The monoisotopic (exact) mass is 1450 g/mol. The van der Waals surface area contributed by atoms with E-state index in [2.05, 4.69) is 34.6 Å². The lowest BCUT2D eigenvalue weighted by Crippen LogP contribution is -2.30. The van der Waals surface area contributed by atoms with Crippen LogP contribution in [-0.4, -0.2) is 96.7 Å². The van der Waals surface area contributed by atoms with Gasteiger partial charge in [0.05, 0.1) is 26.4 Å². The molecule has 0 saturated carbocycles. The van der Waals surface area contributed by atoms with E-state index in [1.165, 1.54) is 250 Å². The molecule has 0 aromatic carbocycles. The number of ether oxygens (including phenoxy) is 4. The predicted octanol–water partition coefficient (Wildman–Crippen LogP) is 24.0. The second kappa shape index (κ2) is 73.0. The molecule has 0 heterocycles. The standard InChI is InChI=1S/C80H156O17P2/c1-6-9-12-15-18-21-24-27-30-32-34-37-40-45-51-56-61-66-80(85)96-75(69-90-77(82)63-58-53-48-43-38-36-33-31-28-25-22-19-16-13-10-7-2)71-94-98(86,87)92-67-74(81)68-93-99(88,89)95-72-76(70-91-78(83)64-59-54-49-46-41-42-47-52-57-62-73(4)5)97-79(84)65-60-55-50-44-39-35-29-26-23-20-17-14-11-8-3/h73-76,81H,6-72H2,1-5H3,(H,86,87)(H,88,89)/t74-,75-,76-/m1/s1. The molecule has 0 aliphatic heterocycles. The Morgan fingerprint density at radius 2 is 0.465 bits per heavy atom. The van der Waals surface area contributed by atoms with Gasteiger partial charge < -0.3 is 33.8 Å². The molecule has 0 amide bonds. The molecule has 0 radical (unpaired) electrons. The molecule has 19 heteroatoms. The summed E-state index contributed by atoms with van der Waals surface area (Å²) >= 11 is 0. The van der Waals surface area contributed by atoms with Crippen LogP contribution in [0.25, 0.3) is 0 Å². The number of hydrogen-bond donors (Lipinski definition) is 3. The molecule has 2 unspecified atom stereocenters. The van der Waals surface area contributed by atoms with Crippen molar-refractivity contribution >= 4 is 39.5 Å². The van der Waals surface area contributed by atoms with Crippen molar-refractivity contribution in [2.45, 2.75) is 445 Å². The summed E-state index contributed by atoms with van der Waals surface area (Å²) < 4.78 is 68.7. The fourth-order valence-electron chi connectivity index (χ4n) is 12.4. The number of aliphatic hydroxyl groups excluding tert-OH is 1. The average molecular weight is 1450 g/mol. The summed E-state index contributed by atoms with van der Waals surface area (Å²) in [7, 11) is -9.92. The van der Waals surface area contributed by atoms with Gasteiger partial charge in [0.1, 0.15) is 19.3 Å². The fraction of sp³-hybridized carbons (Fsp3) is 0.950. The van der Waals surface area contributed by atoms with Crippen LogP contribution in [0.1, 0.15) is 426 Å². The van der Waals surface area contributed by atoms with Crippen molar-refractivity contribution in [3.63, 3.8) is 0 Å². The van der Waals surface area contributed by atoms with Crippen LogP contribution < -0.4 is 0 Å². The highest BCUT2D eigenvalue weighted by molar-refractivity contribution is 7.47. The molecule has 5 atom stereocenters. The maximum absolute atomic E-state index is 13.1. The molecular weight excluding hydrogens is 1290 g/mol. The lowest BCUT2D eigenvalue weighted by atomic mass is 10.0. The zero-order valence-corrected chi connectivity index (χ0v) is 66.4. The third-order valence-electron chi connectivity index (χ3n) is 18.8. The van der Waals surface area contributed by atoms with Crippen molar-refractivity contribution in [2.24, 2.45) is 5.92 Å². The lowest BCUT2D eigenvalue weighted by Gasteiger charge is -2.21. The van der Waals surface area contributed by atoms with E-state index in [0.29, 0.717) is 25.7 Å². The zero-order chi connectivity index (χ0) is 72.7. The maximum atomic E-state index is 13.1. The SMILES string of the molecule is CCCCCCCCCCCCCCCCCCCC(=O)O[C@H](COC(=O)CCCCCCCCCCCCCCCCCC)COP(=O)(O)OC[C@@H](O)COP(=O)(O)OC[C@@H](COC(=O)CCCCCCCCCCCC(C)C)OC(=O)CCCCCCCCCCCCCCCC. The Labute approximate surface area is 607 Å². The van der Waals surface area contributed by atoms with Crippen LogP contribution in [-0.2, 0) is 65.4 Å². The van der Waals surface area contributed by atoms with Gasteiger partial charge in [0.15, 0.2) is 12.2 Å². The van der Waals surface area contributed by atoms with Gasteiger partial charge in [-0.2, -0.15) is 0 Å². The molecule has 0 aliphatic rings. The van der Waals surface area contributed by atoms with Crippen LogP contribution in [0.3, 0.4) is 0 Å². The molecule has 17 nitrogen and oxygen atoms in total. The highest BCUT2D eigenvalue weighted by Crippen LogP contribution is 2.45. The molecule has 0 rings (SSSR count). The van der Waals surface area contributed by atoms with Crippen LogP contribution in [0.2, 0.25) is 0 Å². The second-order valence-corrected chi connectivity index (χ2v) is 32.2. The Bertz CT molecular complexity index is 1890. The molecule has 0 aromatic rings. The van der Waals surface area contributed by atoms with Crippen LogP contribution in [0.5, 0.6) is 0 Å². The van der Waals surface area contributed by atoms with Gasteiger partial charge in [0, 0.05) is 25.7 Å². The molecule has 0 aromatic heterocycles. The van der Waals surface area contributed by atoms with Gasteiger partial charge in [0.2, 0.25) is 0 Å². The molecule has 0 aliphatic carbocycles. The molecule has 0 fully saturated rings. The Morgan fingerprint density at radius 1 is 0.273 bits per heavy atom. The number of unbranched alkanes of at least 4 members (excludes halogenated alkanes) is 52. The number of phosphoric ester groups is 2. The van der Waals surface area contributed by atoms with Crippen molar-refractivity contribution in [1.82, 2.24) is 0 Å². The maximum Gasteiger partial charge on any atom is 0.472 e. The second-order valence-electron chi connectivity index (χ2n) is 29.3. The van der Waals surface area contributed by atoms with Crippen molar-refractivity contribution in [3.8, 4) is 0 Å². The van der Waals surface area contributed by atoms with Gasteiger partial charge in [-0.1, -0.05) is 375 Å². The van der Waals surface area contributed by atoms with E-state index in [-0.39, 0.29) is 25.7 Å². The van der Waals surface area contributed by atoms with Crippen molar-refractivity contribution in [1.29, 1.82) is 0 Å². The minimum Gasteiger partial charge on any atom is -0.462 e. The number of esters is 4. The van der Waals surface area contributed by atoms with Gasteiger partial charge in [-0.3, -0.25) is 37.3 Å². The number of hydrogen-bond acceptors (Lipinski definition) is 15. The van der Waals surface area contributed by atoms with Crippen LogP contribution in [0.15, 0.2) is 0 Å². The van der Waals surface area contributed by atoms with E-state index in [9.17, 15) is 43.2 Å². The van der Waals surface area contributed by atoms with Gasteiger partial charge in [-0.25, -0.2) is 9.13 Å². The summed E-state index contributed by atoms with van der Waals surface area (Å²) in [5.74, 6) is -1.36. The molecule has 588 valence electrons. The molecule has 0 spiro atoms. The topological polar surface area (TPSA) is 237 Å². The highest BCUT2D eigenvalue weighted by Gasteiger charge is 2.30. The molecular formula is C80H156O17P2. The molecule has 3 N–H and O–H groups in total. The Hall–Kier alpha value is -1.94. The zero-order valence-electron chi connectivity index (χ0n) is 64.6. The van der Waals surface area contributed by atoms with E-state index in [4.69, 9.17) is 37.0 Å². The van der Waals surface area contributed by atoms with Crippen molar-refractivity contribution in [2.75, 3.05) is 39.6 Å². The van der Waals surface area contributed by atoms with E-state index < -0.39 is 97.5 Å². The fourth-order valence-corrected chi connectivity index (χ4v) is 14.0. The number of aliphatic hydroxyl groups is 1. The largest absolute Gasteiger partial charge is 0.472 e. The first-order chi connectivity index (χ1) is 48.0. The average Bonchev–Trinajstić information content (AvgIpc) is 1.34. The number of carbonyl (C=O) groups is 4. The summed E-state index contributed by atoms with van der Waals surface area (Å²) in [6.07, 6.45) is 63.7. The van der Waals surface area contributed by atoms with E-state index >= 15 is 0 Å². The van der Waals surface area contributed by atoms with E-state index in [0.717, 1.165) is 95.8 Å². The summed E-state index contributed by atoms with van der Waals surface area (Å²) in [5, 5.41) is 10.6. The van der Waals surface area contributed by atoms with E-state index in [1.54, 1.807) is 0 Å². The Balaban J connectivity index is 5.26. The van der Waals surface area contributed by atoms with E-state index in [1.807, 2.05) is 0 Å². The minimum absolute atomic E-state index is 0.108. The van der Waals surface area contributed by atoms with Crippen molar-refractivity contribution < 1.29 is 80.2 Å². The van der Waals surface area contributed by atoms with Crippen LogP contribution >= 0.6 is 15.6 Å². The summed E-state index contributed by atoms with van der Waals surface area (Å²) in [6.45, 7) is 7.32. The number of phosphoric acid groups is 2. The van der Waals surface area contributed by atoms with Gasteiger partial charge in [-0.05, 0) is 31.6 Å². The normalized spacial score (nSPS) is 13.9. The minimum atomic E-state index is -4.96. The van der Waals surface area contributed by atoms with Gasteiger partial charge >= 0.3 is 39.5 Å². The molecule has 0 saturated heterocycles. The quantitative estimate of drug-likeness (QED) is 0.0222. The number of carbonyl (C=O) groups excluding carboxylic acids is 4. The first-order valence-corrected chi connectivity index (χ1v) is 44.6. The molecule has 99 heavy (non-hydrogen) atoms. The summed E-state index contributed by atoms with van der Waals surface area (Å²) in [5.41, 5.74) is 0. The van der Waals surface area contributed by atoms with Gasteiger partial charge in [-0.15, -0.1) is 0 Å². The Kier molecular flexibility index (Phi) is 71.6. The third kappa shape index (κ3) is 74.1.